The second-order valence-corrected chi connectivity index (χ2v) is 8.19. The third-order valence-electron chi connectivity index (χ3n) is 5.44. The zero-order valence-electron chi connectivity index (χ0n) is 21.0. The van der Waals surface area contributed by atoms with E-state index in [2.05, 4.69) is 4.98 Å². The molecule has 3 aromatic carbocycles. The molecule has 0 N–H and O–H groups in total. The van der Waals surface area contributed by atoms with Crippen LogP contribution in [0.2, 0.25) is 0 Å². The van der Waals surface area contributed by atoms with Crippen LogP contribution in [0.1, 0.15) is 41.2 Å². The summed E-state index contributed by atoms with van der Waals surface area (Å²) in [5.74, 6) is 1.63. The number of carbonyl (C=O) groups excluding carboxylic acids is 2. The average Bonchev–Trinajstić information content (AvgIpc) is 3.27. The third kappa shape index (κ3) is 6.35. The summed E-state index contributed by atoms with van der Waals surface area (Å²) in [6.07, 6.45) is -0.891. The van der Waals surface area contributed by atoms with E-state index < -0.39 is 12.3 Å². The Morgan fingerprint density at radius 3 is 2.49 bits per heavy atom. The van der Waals surface area contributed by atoms with Crippen molar-refractivity contribution in [2.24, 2.45) is 0 Å². The van der Waals surface area contributed by atoms with Crippen LogP contribution < -0.4 is 14.2 Å². The Morgan fingerprint density at radius 2 is 1.76 bits per heavy atom. The predicted octanol–water partition coefficient (Wildman–Crippen LogP) is 5.76. The van der Waals surface area contributed by atoms with Gasteiger partial charge in [0.1, 0.15) is 35.3 Å². The number of hydrogen-bond donors (Lipinski definition) is 0. The highest BCUT2D eigenvalue weighted by Crippen LogP contribution is 2.29. The van der Waals surface area contributed by atoms with E-state index in [0.29, 0.717) is 34.4 Å². The lowest BCUT2D eigenvalue weighted by Gasteiger charge is -2.17. The molecule has 0 aliphatic heterocycles. The number of ketones is 1. The van der Waals surface area contributed by atoms with E-state index in [0.717, 1.165) is 5.56 Å². The summed E-state index contributed by atoms with van der Waals surface area (Å²) in [4.78, 5) is 29.2. The number of nitrogens with zero attached hydrogens (tertiary/aromatic N) is 1. The smallest absolute Gasteiger partial charge is 0.305 e. The number of aromatic nitrogens is 1. The highest BCUT2D eigenvalue weighted by Gasteiger charge is 2.19. The van der Waals surface area contributed by atoms with Gasteiger partial charge in [0, 0.05) is 31.0 Å². The first-order valence-corrected chi connectivity index (χ1v) is 11.6. The van der Waals surface area contributed by atoms with E-state index in [1.807, 2.05) is 37.3 Å². The molecule has 1 unspecified atom stereocenters. The Kier molecular flexibility index (Phi) is 7.88. The van der Waals surface area contributed by atoms with Crippen LogP contribution in [-0.4, -0.2) is 30.1 Å². The molecular formula is C29H27NO7. The van der Waals surface area contributed by atoms with Crippen molar-refractivity contribution < 1.29 is 33.0 Å². The Hall–Kier alpha value is -4.59. The second kappa shape index (κ2) is 11.4. The van der Waals surface area contributed by atoms with E-state index in [9.17, 15) is 9.59 Å². The Balaban J connectivity index is 1.52. The number of hydrogen-bond acceptors (Lipinski definition) is 8. The van der Waals surface area contributed by atoms with Crippen LogP contribution in [0.3, 0.4) is 0 Å². The van der Waals surface area contributed by atoms with Gasteiger partial charge in [-0.1, -0.05) is 30.3 Å². The van der Waals surface area contributed by atoms with E-state index in [1.54, 1.807) is 49.4 Å². The zero-order valence-corrected chi connectivity index (χ0v) is 21.0. The van der Waals surface area contributed by atoms with Crippen molar-refractivity contribution in [2.75, 3.05) is 7.11 Å². The number of rotatable bonds is 10. The van der Waals surface area contributed by atoms with E-state index in [1.165, 1.54) is 14.0 Å². The lowest BCUT2D eigenvalue weighted by Crippen LogP contribution is -2.20. The molecule has 1 aromatic heterocycles. The number of methoxy groups -OCH3 is 1. The Labute approximate surface area is 214 Å². The van der Waals surface area contributed by atoms with Gasteiger partial charge in [0.05, 0.1) is 12.7 Å². The van der Waals surface area contributed by atoms with E-state index >= 15 is 0 Å². The molecule has 0 fully saturated rings. The van der Waals surface area contributed by atoms with Gasteiger partial charge in [-0.3, -0.25) is 9.59 Å². The fraction of sp³-hybridized carbons (Fsp3) is 0.207. The maximum absolute atomic E-state index is 13.4. The van der Waals surface area contributed by atoms with Crippen molar-refractivity contribution in [3.8, 4) is 28.7 Å². The minimum atomic E-state index is -0.891. The highest BCUT2D eigenvalue weighted by atomic mass is 16.7. The van der Waals surface area contributed by atoms with Gasteiger partial charge >= 0.3 is 5.97 Å². The molecule has 0 radical (unpaired) electrons. The number of esters is 1. The first-order chi connectivity index (χ1) is 17.8. The minimum absolute atomic E-state index is 0.177. The zero-order chi connectivity index (χ0) is 26.4. The van der Waals surface area contributed by atoms with Gasteiger partial charge < -0.3 is 23.4 Å². The summed E-state index contributed by atoms with van der Waals surface area (Å²) in [5.41, 5.74) is 2.23. The van der Waals surface area contributed by atoms with Crippen LogP contribution in [0.15, 0.2) is 77.2 Å². The number of oxazole rings is 1. The highest BCUT2D eigenvalue weighted by molar-refractivity contribution is 6.11. The van der Waals surface area contributed by atoms with Crippen LogP contribution in [0.5, 0.6) is 17.2 Å². The standard InChI is InChI=1S/C29H27NO7/c1-18-26(30-29(35-18)21-9-6-5-7-10-21)17-34-24-12-8-11-22(15-24)28(32)25-14-13-23(33-4)16-27(25)37-20(3)36-19(2)31/h5-16,20H,17H2,1-4H3. The maximum Gasteiger partial charge on any atom is 0.305 e. The number of carbonyl (C=O) groups is 2. The Bertz CT molecular complexity index is 1390. The largest absolute Gasteiger partial charge is 0.497 e. The van der Waals surface area contributed by atoms with Crippen LogP contribution in [0.25, 0.3) is 11.5 Å². The van der Waals surface area contributed by atoms with Crippen LogP contribution in [0.4, 0.5) is 0 Å². The lowest BCUT2D eigenvalue weighted by molar-refractivity contribution is -0.158. The third-order valence-corrected chi connectivity index (χ3v) is 5.44. The van der Waals surface area contributed by atoms with E-state index in [4.69, 9.17) is 23.4 Å². The average molecular weight is 502 g/mol. The lowest BCUT2D eigenvalue weighted by atomic mass is 10.0. The van der Waals surface area contributed by atoms with Crippen molar-refractivity contribution in [3.05, 3.63) is 95.4 Å². The van der Waals surface area contributed by atoms with Gasteiger partial charge in [-0.2, -0.15) is 0 Å². The van der Waals surface area contributed by atoms with Crippen molar-refractivity contribution in [2.45, 2.75) is 33.7 Å². The topological polar surface area (TPSA) is 97.1 Å². The summed E-state index contributed by atoms with van der Waals surface area (Å²) in [6, 6.07) is 21.3. The molecule has 0 aliphatic rings. The van der Waals surface area contributed by atoms with Gasteiger partial charge in [-0.05, 0) is 43.3 Å². The Morgan fingerprint density at radius 1 is 0.973 bits per heavy atom. The van der Waals surface area contributed by atoms with Crippen molar-refractivity contribution in [1.29, 1.82) is 0 Å². The molecule has 0 saturated carbocycles. The maximum atomic E-state index is 13.4. The monoisotopic (exact) mass is 501 g/mol. The van der Waals surface area contributed by atoms with Crippen LogP contribution in [0, 0.1) is 6.92 Å². The fourth-order valence-corrected chi connectivity index (χ4v) is 3.65. The minimum Gasteiger partial charge on any atom is -0.497 e. The summed E-state index contributed by atoms with van der Waals surface area (Å²) in [6.45, 7) is 4.86. The summed E-state index contributed by atoms with van der Waals surface area (Å²) < 4.78 is 27.8. The molecule has 0 saturated heterocycles. The molecule has 1 atom stereocenters. The molecule has 0 aliphatic carbocycles. The van der Waals surface area contributed by atoms with Gasteiger partial charge in [0.2, 0.25) is 12.2 Å². The van der Waals surface area contributed by atoms with Crippen LogP contribution in [-0.2, 0) is 16.1 Å². The first kappa shape index (κ1) is 25.5. The molecule has 4 rings (SSSR count). The van der Waals surface area contributed by atoms with Gasteiger partial charge in [0.25, 0.3) is 0 Å². The molecule has 0 amide bonds. The number of benzene rings is 3. The van der Waals surface area contributed by atoms with Crippen molar-refractivity contribution >= 4 is 11.8 Å². The van der Waals surface area contributed by atoms with Gasteiger partial charge in [-0.25, -0.2) is 4.98 Å². The molecule has 0 spiro atoms. The fourth-order valence-electron chi connectivity index (χ4n) is 3.65. The molecule has 8 heteroatoms. The van der Waals surface area contributed by atoms with E-state index in [-0.39, 0.29) is 23.7 Å². The van der Waals surface area contributed by atoms with Crippen molar-refractivity contribution in [3.63, 3.8) is 0 Å². The predicted molar refractivity (Wildman–Crippen MR) is 136 cm³/mol. The molecule has 8 nitrogen and oxygen atoms in total. The molecular weight excluding hydrogens is 474 g/mol. The SMILES string of the molecule is COc1ccc(C(=O)c2cccc(OCc3nc(-c4ccccc4)oc3C)c2)c(OC(C)OC(C)=O)c1. The van der Waals surface area contributed by atoms with Crippen LogP contribution >= 0.6 is 0 Å². The summed E-state index contributed by atoms with van der Waals surface area (Å²) >= 11 is 0. The number of ether oxygens (including phenoxy) is 4. The quantitative estimate of drug-likeness (QED) is 0.154. The number of aryl methyl sites for hydroxylation is 1. The molecule has 0 bridgehead atoms. The van der Waals surface area contributed by atoms with Gasteiger partial charge in [-0.15, -0.1) is 0 Å². The second-order valence-electron chi connectivity index (χ2n) is 8.19. The van der Waals surface area contributed by atoms with Gasteiger partial charge in [0.15, 0.2) is 5.78 Å². The van der Waals surface area contributed by atoms with Crippen molar-refractivity contribution in [1.82, 2.24) is 4.98 Å². The normalized spacial score (nSPS) is 11.5. The summed E-state index contributed by atoms with van der Waals surface area (Å²) in [7, 11) is 1.51. The molecule has 37 heavy (non-hydrogen) atoms. The molecule has 1 heterocycles. The first-order valence-electron chi connectivity index (χ1n) is 11.6. The molecule has 190 valence electrons. The summed E-state index contributed by atoms with van der Waals surface area (Å²) in [5, 5.41) is 0. The molecule has 4 aromatic rings.